The molecule has 90 valence electrons. The number of nitriles is 1. The molecular formula is C13H16BrN3. The summed E-state index contributed by atoms with van der Waals surface area (Å²) < 4.78 is 0.868. The van der Waals surface area contributed by atoms with Crippen LogP contribution in [0.5, 0.6) is 0 Å². The first-order valence-electron chi connectivity index (χ1n) is 5.89. The van der Waals surface area contributed by atoms with Crippen molar-refractivity contribution >= 4 is 21.6 Å². The number of piperidine rings is 1. The second-order valence-electron chi connectivity index (χ2n) is 4.47. The number of hydrogen-bond acceptors (Lipinski definition) is 3. The van der Waals surface area contributed by atoms with Gasteiger partial charge in [-0.15, -0.1) is 0 Å². The van der Waals surface area contributed by atoms with Crippen molar-refractivity contribution in [3.8, 4) is 6.07 Å². The third-order valence-corrected chi connectivity index (χ3v) is 3.95. The molecule has 1 aliphatic rings. The standard InChI is InChI=1S/C13H16BrN3/c14-13-6-12(4-3-11(13)8-16)17-5-1-2-10(7-15)9-17/h3-4,6,10H,1-2,5,7,9,15H2. The molecule has 17 heavy (non-hydrogen) atoms. The third kappa shape index (κ3) is 2.80. The molecule has 2 N–H and O–H groups in total. The maximum atomic E-state index is 8.89. The Balaban J connectivity index is 2.17. The first-order valence-corrected chi connectivity index (χ1v) is 6.68. The molecule has 3 nitrogen and oxygen atoms in total. The molecule has 1 saturated heterocycles. The molecule has 1 unspecified atom stereocenters. The molecule has 1 aliphatic heterocycles. The second-order valence-corrected chi connectivity index (χ2v) is 5.32. The summed E-state index contributed by atoms with van der Waals surface area (Å²) in [7, 11) is 0. The number of halogens is 1. The summed E-state index contributed by atoms with van der Waals surface area (Å²) in [5.74, 6) is 0.596. The molecule has 0 aliphatic carbocycles. The van der Waals surface area contributed by atoms with Gasteiger partial charge >= 0.3 is 0 Å². The Morgan fingerprint density at radius 2 is 2.35 bits per heavy atom. The van der Waals surface area contributed by atoms with Crippen molar-refractivity contribution in [3.63, 3.8) is 0 Å². The fourth-order valence-electron chi connectivity index (χ4n) is 2.28. The molecule has 1 fully saturated rings. The van der Waals surface area contributed by atoms with E-state index in [2.05, 4.69) is 26.9 Å². The van der Waals surface area contributed by atoms with Crippen molar-refractivity contribution in [1.29, 1.82) is 5.26 Å². The van der Waals surface area contributed by atoms with Gasteiger partial charge in [-0.25, -0.2) is 0 Å². The minimum atomic E-state index is 0.596. The van der Waals surface area contributed by atoms with E-state index >= 15 is 0 Å². The Morgan fingerprint density at radius 3 is 3.00 bits per heavy atom. The highest BCUT2D eigenvalue weighted by molar-refractivity contribution is 9.10. The topological polar surface area (TPSA) is 53.0 Å². The van der Waals surface area contributed by atoms with Gasteiger partial charge in [-0.05, 0) is 59.4 Å². The fraction of sp³-hybridized carbons (Fsp3) is 0.462. The largest absolute Gasteiger partial charge is 0.371 e. The lowest BCUT2D eigenvalue weighted by molar-refractivity contribution is 0.423. The van der Waals surface area contributed by atoms with E-state index in [0.717, 1.165) is 24.1 Å². The van der Waals surface area contributed by atoms with Crippen LogP contribution in [0.1, 0.15) is 18.4 Å². The van der Waals surface area contributed by atoms with Crippen LogP contribution in [-0.4, -0.2) is 19.6 Å². The van der Waals surface area contributed by atoms with Crippen molar-refractivity contribution < 1.29 is 0 Å². The van der Waals surface area contributed by atoms with Crippen LogP contribution in [0.25, 0.3) is 0 Å². The van der Waals surface area contributed by atoms with Gasteiger partial charge in [0, 0.05) is 23.2 Å². The Kier molecular flexibility index (Phi) is 4.03. The van der Waals surface area contributed by atoms with Gasteiger partial charge in [0.1, 0.15) is 6.07 Å². The van der Waals surface area contributed by atoms with Gasteiger partial charge < -0.3 is 10.6 Å². The molecule has 4 heteroatoms. The first-order chi connectivity index (χ1) is 8.24. The van der Waals surface area contributed by atoms with Crippen LogP contribution in [0.2, 0.25) is 0 Å². The van der Waals surface area contributed by atoms with Crippen LogP contribution < -0.4 is 10.6 Å². The highest BCUT2D eigenvalue weighted by Crippen LogP contribution is 2.27. The van der Waals surface area contributed by atoms with Crippen LogP contribution in [0.15, 0.2) is 22.7 Å². The molecule has 1 heterocycles. The van der Waals surface area contributed by atoms with E-state index in [9.17, 15) is 0 Å². The lowest BCUT2D eigenvalue weighted by Gasteiger charge is -2.34. The SMILES string of the molecule is N#Cc1ccc(N2CCCC(CN)C2)cc1Br. The normalized spacial score (nSPS) is 20.1. The molecular weight excluding hydrogens is 278 g/mol. The molecule has 0 radical (unpaired) electrons. The summed E-state index contributed by atoms with van der Waals surface area (Å²) in [5, 5.41) is 8.89. The van der Waals surface area contributed by atoms with Crippen molar-refractivity contribution in [2.24, 2.45) is 11.7 Å². The molecule has 0 bridgehead atoms. The zero-order chi connectivity index (χ0) is 12.3. The van der Waals surface area contributed by atoms with Crippen LogP contribution in [0.4, 0.5) is 5.69 Å². The van der Waals surface area contributed by atoms with Crippen molar-refractivity contribution in [2.75, 3.05) is 24.5 Å². The van der Waals surface area contributed by atoms with Crippen LogP contribution in [0, 0.1) is 17.2 Å². The molecule has 0 amide bonds. The van der Waals surface area contributed by atoms with E-state index in [-0.39, 0.29) is 0 Å². The molecule has 0 spiro atoms. The van der Waals surface area contributed by atoms with Crippen LogP contribution in [-0.2, 0) is 0 Å². The smallest absolute Gasteiger partial charge is 0.100 e. The number of nitrogens with zero attached hydrogens (tertiary/aromatic N) is 2. The van der Waals surface area contributed by atoms with E-state index in [1.54, 1.807) is 0 Å². The minimum Gasteiger partial charge on any atom is -0.371 e. The van der Waals surface area contributed by atoms with E-state index < -0.39 is 0 Å². The average molecular weight is 294 g/mol. The van der Waals surface area contributed by atoms with Gasteiger partial charge in [0.2, 0.25) is 0 Å². The number of rotatable bonds is 2. The quantitative estimate of drug-likeness (QED) is 0.911. The van der Waals surface area contributed by atoms with E-state index in [1.807, 2.05) is 18.2 Å². The Labute approximate surface area is 110 Å². The maximum Gasteiger partial charge on any atom is 0.100 e. The van der Waals surface area contributed by atoms with Gasteiger partial charge in [-0.1, -0.05) is 0 Å². The number of nitrogens with two attached hydrogens (primary N) is 1. The average Bonchev–Trinajstić information content (AvgIpc) is 2.38. The predicted molar refractivity (Wildman–Crippen MR) is 72.8 cm³/mol. The molecule has 1 atom stereocenters. The van der Waals surface area contributed by atoms with E-state index in [4.69, 9.17) is 11.0 Å². The van der Waals surface area contributed by atoms with Crippen LogP contribution >= 0.6 is 15.9 Å². The van der Waals surface area contributed by atoms with Crippen LogP contribution in [0.3, 0.4) is 0 Å². The summed E-state index contributed by atoms with van der Waals surface area (Å²) in [5.41, 5.74) is 7.60. The van der Waals surface area contributed by atoms with Gasteiger partial charge in [-0.2, -0.15) is 5.26 Å². The maximum absolute atomic E-state index is 8.89. The highest BCUT2D eigenvalue weighted by atomic mass is 79.9. The Morgan fingerprint density at radius 1 is 1.53 bits per heavy atom. The molecule has 1 aromatic carbocycles. The molecule has 1 aromatic rings. The number of hydrogen-bond donors (Lipinski definition) is 1. The molecule has 0 saturated carbocycles. The first kappa shape index (κ1) is 12.4. The summed E-state index contributed by atoms with van der Waals surface area (Å²) in [6, 6.07) is 8.07. The lowest BCUT2D eigenvalue weighted by atomic mass is 9.98. The lowest BCUT2D eigenvalue weighted by Crippen LogP contribution is -2.38. The van der Waals surface area contributed by atoms with Gasteiger partial charge in [0.25, 0.3) is 0 Å². The Bertz CT molecular complexity index is 439. The summed E-state index contributed by atoms with van der Waals surface area (Å²) in [6.45, 7) is 2.86. The number of benzene rings is 1. The van der Waals surface area contributed by atoms with Gasteiger partial charge in [-0.3, -0.25) is 0 Å². The van der Waals surface area contributed by atoms with Crippen molar-refractivity contribution in [1.82, 2.24) is 0 Å². The van der Waals surface area contributed by atoms with Gasteiger partial charge in [0.05, 0.1) is 5.56 Å². The summed E-state index contributed by atoms with van der Waals surface area (Å²) in [4.78, 5) is 2.35. The zero-order valence-corrected chi connectivity index (χ0v) is 11.3. The molecule has 0 aromatic heterocycles. The van der Waals surface area contributed by atoms with Crippen molar-refractivity contribution in [2.45, 2.75) is 12.8 Å². The predicted octanol–water partition coefficient (Wildman–Crippen LogP) is 2.50. The summed E-state index contributed by atoms with van der Waals surface area (Å²) >= 11 is 3.43. The Hall–Kier alpha value is -1.05. The third-order valence-electron chi connectivity index (χ3n) is 3.29. The second kappa shape index (κ2) is 5.52. The minimum absolute atomic E-state index is 0.596. The summed E-state index contributed by atoms with van der Waals surface area (Å²) in [6.07, 6.45) is 2.42. The van der Waals surface area contributed by atoms with Gasteiger partial charge in [0.15, 0.2) is 0 Å². The van der Waals surface area contributed by atoms with Crippen molar-refractivity contribution in [3.05, 3.63) is 28.2 Å². The van der Waals surface area contributed by atoms with E-state index in [1.165, 1.54) is 18.5 Å². The highest BCUT2D eigenvalue weighted by Gasteiger charge is 2.19. The molecule has 2 rings (SSSR count). The zero-order valence-electron chi connectivity index (χ0n) is 9.69. The fourth-order valence-corrected chi connectivity index (χ4v) is 2.74. The number of anilines is 1. The monoisotopic (exact) mass is 293 g/mol. The van der Waals surface area contributed by atoms with E-state index in [0.29, 0.717) is 11.5 Å².